The maximum Gasteiger partial charge on any atom is 0.320 e. The molecule has 27 heavy (non-hydrogen) atoms. The van der Waals surface area contributed by atoms with Crippen molar-refractivity contribution in [2.45, 2.75) is 38.3 Å². The fourth-order valence-corrected chi connectivity index (χ4v) is 3.71. The number of piperidine rings is 1. The fraction of sp³-hybridized carbons (Fsp3) is 0.381. The number of hydrogen-bond acceptors (Lipinski definition) is 3. The Hall–Kier alpha value is -2.47. The van der Waals surface area contributed by atoms with Crippen molar-refractivity contribution >= 4 is 5.97 Å². The molecule has 2 atom stereocenters. The minimum atomic E-state index is -0.923. The molecule has 0 spiro atoms. The second kappa shape index (κ2) is 8.48. The van der Waals surface area contributed by atoms with Crippen molar-refractivity contribution < 1.29 is 23.4 Å². The van der Waals surface area contributed by atoms with Gasteiger partial charge in [-0.05, 0) is 50.1 Å². The lowest BCUT2D eigenvalue weighted by molar-refractivity contribution is -0.145. The zero-order valence-electron chi connectivity index (χ0n) is 15.2. The number of ether oxygens (including phenoxy) is 1. The van der Waals surface area contributed by atoms with Crippen LogP contribution < -0.4 is 4.74 Å². The van der Waals surface area contributed by atoms with Crippen molar-refractivity contribution in [1.82, 2.24) is 4.90 Å². The maximum atomic E-state index is 14.6. The zero-order chi connectivity index (χ0) is 19.4. The molecule has 4 nitrogen and oxygen atoms in total. The Labute approximate surface area is 157 Å². The summed E-state index contributed by atoms with van der Waals surface area (Å²) >= 11 is 0. The van der Waals surface area contributed by atoms with Crippen LogP contribution in [0.5, 0.6) is 5.75 Å². The van der Waals surface area contributed by atoms with Gasteiger partial charge >= 0.3 is 5.97 Å². The third-order valence-corrected chi connectivity index (χ3v) is 4.92. The smallest absolute Gasteiger partial charge is 0.320 e. The maximum absolute atomic E-state index is 14.6. The number of benzene rings is 2. The summed E-state index contributed by atoms with van der Waals surface area (Å²) in [5.41, 5.74) is 1.02. The van der Waals surface area contributed by atoms with Crippen molar-refractivity contribution in [3.05, 3.63) is 65.2 Å². The first-order chi connectivity index (χ1) is 13.0. The van der Waals surface area contributed by atoms with E-state index in [2.05, 4.69) is 0 Å². The van der Waals surface area contributed by atoms with Gasteiger partial charge in [0.15, 0.2) is 0 Å². The SMILES string of the molecule is CCOc1ccc(C(c2ccc(F)cc2F)N2CCCCC2C(=O)O)cc1. The van der Waals surface area contributed by atoms with Crippen LogP contribution in [-0.2, 0) is 4.79 Å². The highest BCUT2D eigenvalue weighted by molar-refractivity contribution is 5.73. The number of hydrogen-bond donors (Lipinski definition) is 1. The molecule has 2 unspecified atom stereocenters. The number of nitrogens with zero attached hydrogens (tertiary/aromatic N) is 1. The molecule has 1 aliphatic rings. The van der Waals surface area contributed by atoms with Gasteiger partial charge in [-0.15, -0.1) is 0 Å². The second-order valence-corrected chi connectivity index (χ2v) is 6.66. The number of likely N-dealkylation sites (tertiary alicyclic amines) is 1. The van der Waals surface area contributed by atoms with Crippen LogP contribution in [0.2, 0.25) is 0 Å². The van der Waals surface area contributed by atoms with Crippen molar-refractivity contribution in [3.63, 3.8) is 0 Å². The molecule has 0 amide bonds. The molecule has 1 N–H and O–H groups in total. The van der Waals surface area contributed by atoms with Crippen molar-refractivity contribution in [3.8, 4) is 5.75 Å². The molecule has 0 radical (unpaired) electrons. The molecule has 1 aliphatic heterocycles. The molecule has 144 valence electrons. The van der Waals surface area contributed by atoms with Gasteiger partial charge in [-0.1, -0.05) is 24.6 Å². The monoisotopic (exact) mass is 375 g/mol. The summed E-state index contributed by atoms with van der Waals surface area (Å²) in [4.78, 5) is 13.6. The largest absolute Gasteiger partial charge is 0.494 e. The third-order valence-electron chi connectivity index (χ3n) is 4.92. The second-order valence-electron chi connectivity index (χ2n) is 6.66. The van der Waals surface area contributed by atoms with Crippen LogP contribution >= 0.6 is 0 Å². The molecule has 6 heteroatoms. The van der Waals surface area contributed by atoms with E-state index in [4.69, 9.17) is 4.74 Å². The Kier molecular flexibility index (Phi) is 6.06. The summed E-state index contributed by atoms with van der Waals surface area (Å²) in [6, 6.07) is 9.33. The quantitative estimate of drug-likeness (QED) is 0.813. The molecule has 2 aromatic rings. The minimum absolute atomic E-state index is 0.272. The highest BCUT2D eigenvalue weighted by atomic mass is 19.1. The first-order valence-corrected chi connectivity index (χ1v) is 9.17. The fourth-order valence-electron chi connectivity index (χ4n) is 3.71. The van der Waals surface area contributed by atoms with Gasteiger partial charge in [0.1, 0.15) is 23.4 Å². The van der Waals surface area contributed by atoms with Gasteiger partial charge in [-0.3, -0.25) is 9.69 Å². The minimum Gasteiger partial charge on any atom is -0.494 e. The molecule has 0 aliphatic carbocycles. The van der Waals surface area contributed by atoms with E-state index in [1.54, 1.807) is 17.0 Å². The van der Waals surface area contributed by atoms with Crippen molar-refractivity contribution in [2.75, 3.05) is 13.2 Å². The third kappa shape index (κ3) is 4.27. The average Bonchev–Trinajstić information content (AvgIpc) is 2.65. The number of carbonyl (C=O) groups is 1. The lowest BCUT2D eigenvalue weighted by atomic mass is 9.91. The standard InChI is InChI=1S/C21H23F2NO3/c1-2-27-16-9-6-14(7-10-16)20(17-11-8-15(22)13-18(17)23)24-12-4-3-5-19(24)21(25)26/h6-11,13,19-20H,2-5,12H2,1H3,(H,25,26). The molecule has 1 heterocycles. The molecule has 0 aromatic heterocycles. The van der Waals surface area contributed by atoms with Crippen LogP contribution in [0.4, 0.5) is 8.78 Å². The summed E-state index contributed by atoms with van der Waals surface area (Å²) in [5.74, 6) is -1.57. The van der Waals surface area contributed by atoms with E-state index in [-0.39, 0.29) is 5.56 Å². The topological polar surface area (TPSA) is 49.8 Å². The highest BCUT2D eigenvalue weighted by Crippen LogP contribution is 2.36. The van der Waals surface area contributed by atoms with Gasteiger partial charge < -0.3 is 9.84 Å². The molecular formula is C21H23F2NO3. The first kappa shape index (κ1) is 19.3. The van der Waals surface area contributed by atoms with Gasteiger partial charge in [0.05, 0.1) is 12.6 Å². The van der Waals surface area contributed by atoms with Gasteiger partial charge in [-0.25, -0.2) is 8.78 Å². The summed E-state index contributed by atoms with van der Waals surface area (Å²) in [5, 5.41) is 9.66. The first-order valence-electron chi connectivity index (χ1n) is 9.17. The summed E-state index contributed by atoms with van der Waals surface area (Å²) < 4.78 is 33.5. The van der Waals surface area contributed by atoms with E-state index in [0.717, 1.165) is 24.5 Å². The Morgan fingerprint density at radius 3 is 2.59 bits per heavy atom. The van der Waals surface area contributed by atoms with E-state index in [9.17, 15) is 18.7 Å². The van der Waals surface area contributed by atoms with Gasteiger partial charge in [0.25, 0.3) is 0 Å². The van der Waals surface area contributed by atoms with E-state index in [1.807, 2.05) is 19.1 Å². The van der Waals surface area contributed by atoms with Crippen LogP contribution in [-0.4, -0.2) is 35.2 Å². The molecular weight excluding hydrogens is 352 g/mol. The number of aliphatic carboxylic acids is 1. The van der Waals surface area contributed by atoms with Gasteiger partial charge in [0.2, 0.25) is 0 Å². The molecule has 0 saturated carbocycles. The number of carboxylic acid groups (broad SMARTS) is 1. The molecule has 3 rings (SSSR count). The predicted molar refractivity (Wildman–Crippen MR) is 97.8 cm³/mol. The summed E-state index contributed by atoms with van der Waals surface area (Å²) in [7, 11) is 0. The van der Waals surface area contributed by atoms with Crippen molar-refractivity contribution in [1.29, 1.82) is 0 Å². The Balaban J connectivity index is 2.06. The van der Waals surface area contributed by atoms with E-state index in [1.165, 1.54) is 12.1 Å². The lowest BCUT2D eigenvalue weighted by Gasteiger charge is -2.39. The molecule has 1 saturated heterocycles. The van der Waals surface area contributed by atoms with Crippen molar-refractivity contribution in [2.24, 2.45) is 0 Å². The van der Waals surface area contributed by atoms with Crippen LogP contribution in [0.15, 0.2) is 42.5 Å². The summed E-state index contributed by atoms with van der Waals surface area (Å²) in [6.07, 6.45) is 2.15. The molecule has 1 fully saturated rings. The average molecular weight is 375 g/mol. The predicted octanol–water partition coefficient (Wildman–Crippen LogP) is 4.39. The normalized spacial score (nSPS) is 18.9. The van der Waals surface area contributed by atoms with Gasteiger partial charge in [-0.2, -0.15) is 0 Å². The Morgan fingerprint density at radius 1 is 1.22 bits per heavy atom. The Bertz CT molecular complexity index is 795. The zero-order valence-corrected chi connectivity index (χ0v) is 15.2. The number of rotatable bonds is 6. The van der Waals surface area contributed by atoms with E-state index < -0.39 is 29.7 Å². The van der Waals surface area contributed by atoms with E-state index in [0.29, 0.717) is 25.3 Å². The van der Waals surface area contributed by atoms with Crippen LogP contribution in [0.3, 0.4) is 0 Å². The highest BCUT2D eigenvalue weighted by Gasteiger charge is 2.36. The lowest BCUT2D eigenvalue weighted by Crippen LogP contribution is -2.47. The van der Waals surface area contributed by atoms with E-state index >= 15 is 0 Å². The van der Waals surface area contributed by atoms with Crippen LogP contribution in [0.25, 0.3) is 0 Å². The Morgan fingerprint density at radius 2 is 1.96 bits per heavy atom. The van der Waals surface area contributed by atoms with Gasteiger partial charge in [0, 0.05) is 11.6 Å². The summed E-state index contributed by atoms with van der Waals surface area (Å²) in [6.45, 7) is 2.95. The molecule has 2 aromatic carbocycles. The van der Waals surface area contributed by atoms with Crippen LogP contribution in [0.1, 0.15) is 43.4 Å². The number of carboxylic acids is 1. The van der Waals surface area contributed by atoms with Crippen LogP contribution in [0, 0.1) is 11.6 Å². The molecule has 0 bridgehead atoms. The number of halogens is 2.